The van der Waals surface area contributed by atoms with E-state index in [0.717, 1.165) is 121 Å². The molecule has 0 atom stereocenters. The molecule has 4 aromatic carbocycles. The van der Waals surface area contributed by atoms with Crippen LogP contribution in [-0.2, 0) is 13.1 Å². The maximum atomic E-state index is 5.98. The van der Waals surface area contributed by atoms with Gasteiger partial charge in [0.15, 0.2) is 23.0 Å². The molecule has 2 saturated heterocycles. The van der Waals surface area contributed by atoms with E-state index in [2.05, 4.69) is 123 Å². The number of benzene rings is 4. The third-order valence-electron chi connectivity index (χ3n) is 11.7. The smallest absolute Gasteiger partial charge is 0.161 e. The molecule has 0 N–H and O–H groups in total. The lowest BCUT2D eigenvalue weighted by Crippen LogP contribution is -2.59. The number of hydrogen-bond donors (Lipinski definition) is 0. The van der Waals surface area contributed by atoms with Gasteiger partial charge < -0.3 is 18.9 Å². The number of nitrogens with zero attached hydrogens (tertiary/aromatic N) is 6. The Hall–Kier alpha value is -5.58. The Morgan fingerprint density at radius 2 is 0.949 bits per heavy atom. The van der Waals surface area contributed by atoms with Gasteiger partial charge in [0.25, 0.3) is 0 Å². The SMILES string of the molecule is CCOc1cc(CN2CCC(N(c3cnc4ccccc4c3)N(c3cnc4ccccc4c3)C3CCN(Cc4ccc(OCC)c(OCC)c4)CC3)CC2)ccc1OC. The molecule has 59 heavy (non-hydrogen) atoms. The molecule has 10 nitrogen and oxygen atoms in total. The van der Waals surface area contributed by atoms with Crippen molar-refractivity contribution in [2.45, 2.75) is 71.6 Å². The summed E-state index contributed by atoms with van der Waals surface area (Å²) in [7, 11) is 1.70. The van der Waals surface area contributed by atoms with E-state index in [-0.39, 0.29) is 12.1 Å². The standard InChI is InChI=1S/C49H58N6O4/c1-5-57-47-19-17-37(29-49(47)59-7-3)35-53-26-22-41(23-27-53)55(43-31-39-13-9-11-15-45(39)51-33-43)54(42-30-38-12-8-10-14-44(38)50-32-42)40-20-24-52(25-21-40)34-36-16-18-46(56-4)48(28-36)58-6-2/h8-19,28-33,40-41H,5-7,20-27,34-35H2,1-4H3. The van der Waals surface area contributed by atoms with Gasteiger partial charge in [-0.2, -0.15) is 0 Å². The van der Waals surface area contributed by atoms with Crippen LogP contribution in [0.25, 0.3) is 21.8 Å². The van der Waals surface area contributed by atoms with Crippen molar-refractivity contribution >= 4 is 33.2 Å². The fourth-order valence-electron chi connectivity index (χ4n) is 8.83. The van der Waals surface area contributed by atoms with Crippen molar-refractivity contribution in [1.29, 1.82) is 0 Å². The Balaban J connectivity index is 1.09. The van der Waals surface area contributed by atoms with Gasteiger partial charge in [0, 0.05) is 50.0 Å². The summed E-state index contributed by atoms with van der Waals surface area (Å²) < 4.78 is 23.3. The summed E-state index contributed by atoms with van der Waals surface area (Å²) in [4.78, 5) is 15.2. The summed E-state index contributed by atoms with van der Waals surface area (Å²) in [6.45, 7) is 13.5. The molecule has 8 rings (SSSR count). The van der Waals surface area contributed by atoms with Crippen molar-refractivity contribution in [3.63, 3.8) is 0 Å². The van der Waals surface area contributed by atoms with Gasteiger partial charge in [0.1, 0.15) is 0 Å². The highest BCUT2D eigenvalue weighted by atomic mass is 16.5. The number of aromatic nitrogens is 2. The summed E-state index contributed by atoms with van der Waals surface area (Å²) in [5, 5.41) is 7.49. The lowest BCUT2D eigenvalue weighted by Gasteiger charge is -2.50. The molecule has 0 spiro atoms. The Bertz CT molecular complexity index is 2300. The maximum absolute atomic E-state index is 5.98. The second-order valence-electron chi connectivity index (χ2n) is 15.5. The van der Waals surface area contributed by atoms with Crippen LogP contribution >= 0.6 is 0 Å². The maximum Gasteiger partial charge on any atom is 0.161 e. The fourth-order valence-corrected chi connectivity index (χ4v) is 8.83. The number of hydrazine groups is 1. The highest BCUT2D eigenvalue weighted by Crippen LogP contribution is 2.37. The van der Waals surface area contributed by atoms with Crippen LogP contribution in [0.4, 0.5) is 11.4 Å². The molecule has 6 aromatic rings. The monoisotopic (exact) mass is 794 g/mol. The first-order chi connectivity index (χ1) is 29.0. The van der Waals surface area contributed by atoms with E-state index in [1.165, 1.54) is 11.1 Å². The highest BCUT2D eigenvalue weighted by Gasteiger charge is 2.36. The minimum Gasteiger partial charge on any atom is -0.493 e. The Morgan fingerprint density at radius 3 is 1.41 bits per heavy atom. The van der Waals surface area contributed by atoms with Gasteiger partial charge in [-0.3, -0.25) is 29.8 Å². The Morgan fingerprint density at radius 1 is 0.525 bits per heavy atom. The van der Waals surface area contributed by atoms with Crippen LogP contribution in [0.5, 0.6) is 23.0 Å². The minimum atomic E-state index is 0.259. The third-order valence-corrected chi connectivity index (χ3v) is 11.7. The molecule has 2 aliphatic heterocycles. The number of hydrogen-bond acceptors (Lipinski definition) is 10. The molecular weight excluding hydrogens is 737 g/mol. The zero-order valence-corrected chi connectivity index (χ0v) is 35.1. The average molecular weight is 795 g/mol. The number of rotatable bonds is 16. The molecule has 308 valence electrons. The summed E-state index contributed by atoms with van der Waals surface area (Å²) in [5.74, 6) is 3.20. The van der Waals surface area contributed by atoms with Crippen LogP contribution in [0.15, 0.2) is 109 Å². The number of fused-ring (bicyclic) bond motifs is 2. The van der Waals surface area contributed by atoms with Gasteiger partial charge in [0.2, 0.25) is 0 Å². The molecule has 2 fully saturated rings. The van der Waals surface area contributed by atoms with Crippen molar-refractivity contribution in [1.82, 2.24) is 19.8 Å². The average Bonchev–Trinajstić information content (AvgIpc) is 3.27. The van der Waals surface area contributed by atoms with Crippen molar-refractivity contribution in [3.8, 4) is 23.0 Å². The topological polar surface area (TPSA) is 75.7 Å². The number of anilines is 2. The van der Waals surface area contributed by atoms with Gasteiger partial charge in [-0.25, -0.2) is 0 Å². The van der Waals surface area contributed by atoms with Crippen molar-refractivity contribution in [2.24, 2.45) is 0 Å². The van der Waals surface area contributed by atoms with E-state index in [1.54, 1.807) is 7.11 Å². The molecular formula is C49H58N6O4. The molecule has 2 aliphatic rings. The van der Waals surface area contributed by atoms with Crippen LogP contribution < -0.4 is 29.0 Å². The van der Waals surface area contributed by atoms with E-state index >= 15 is 0 Å². The van der Waals surface area contributed by atoms with Gasteiger partial charge >= 0.3 is 0 Å². The third kappa shape index (κ3) is 9.34. The van der Waals surface area contributed by atoms with Gasteiger partial charge in [-0.15, -0.1) is 0 Å². The molecule has 0 bridgehead atoms. The van der Waals surface area contributed by atoms with Crippen LogP contribution in [0.1, 0.15) is 57.6 Å². The largest absolute Gasteiger partial charge is 0.493 e. The van der Waals surface area contributed by atoms with Crippen LogP contribution in [0.3, 0.4) is 0 Å². The van der Waals surface area contributed by atoms with Crippen LogP contribution in [-0.4, -0.2) is 85.0 Å². The van der Waals surface area contributed by atoms with Crippen LogP contribution in [0.2, 0.25) is 0 Å². The number of para-hydroxylation sites is 2. The number of methoxy groups -OCH3 is 1. The normalized spacial score (nSPS) is 15.7. The number of pyridine rings is 2. The minimum absolute atomic E-state index is 0.259. The summed E-state index contributed by atoms with van der Waals surface area (Å²) >= 11 is 0. The Kier molecular flexibility index (Phi) is 12.9. The number of piperidine rings is 2. The van der Waals surface area contributed by atoms with Crippen molar-refractivity contribution in [3.05, 3.63) is 121 Å². The zero-order chi connectivity index (χ0) is 40.6. The van der Waals surface area contributed by atoms with Crippen molar-refractivity contribution in [2.75, 3.05) is 63.1 Å². The summed E-state index contributed by atoms with van der Waals surface area (Å²) in [6.07, 6.45) is 8.21. The molecule has 0 unspecified atom stereocenters. The lowest BCUT2D eigenvalue weighted by atomic mass is 9.99. The first-order valence-corrected chi connectivity index (χ1v) is 21.4. The van der Waals surface area contributed by atoms with Gasteiger partial charge in [-0.1, -0.05) is 48.5 Å². The van der Waals surface area contributed by atoms with Crippen molar-refractivity contribution < 1.29 is 18.9 Å². The van der Waals surface area contributed by atoms with E-state index in [4.69, 9.17) is 28.9 Å². The zero-order valence-electron chi connectivity index (χ0n) is 35.1. The fraction of sp³-hybridized carbons (Fsp3) is 0.388. The molecule has 0 amide bonds. The summed E-state index contributed by atoms with van der Waals surface area (Å²) in [5.41, 5.74) is 6.72. The number of ether oxygens (including phenoxy) is 4. The van der Waals surface area contributed by atoms with E-state index in [9.17, 15) is 0 Å². The predicted octanol–water partition coefficient (Wildman–Crippen LogP) is 9.54. The quantitative estimate of drug-likeness (QED) is 0.0885. The molecule has 0 aliphatic carbocycles. The molecule has 0 radical (unpaired) electrons. The first kappa shape index (κ1) is 40.2. The molecule has 4 heterocycles. The first-order valence-electron chi connectivity index (χ1n) is 21.4. The lowest BCUT2D eigenvalue weighted by molar-refractivity contribution is 0.183. The Labute approximate surface area is 349 Å². The summed E-state index contributed by atoms with van der Waals surface area (Å²) in [6, 6.07) is 34.8. The number of likely N-dealkylation sites (tertiary alicyclic amines) is 2. The van der Waals surface area contributed by atoms with E-state index in [0.29, 0.717) is 19.8 Å². The molecule has 0 saturated carbocycles. The van der Waals surface area contributed by atoms with Gasteiger partial charge in [0.05, 0.1) is 73.8 Å². The van der Waals surface area contributed by atoms with E-state index in [1.807, 2.05) is 26.8 Å². The highest BCUT2D eigenvalue weighted by molar-refractivity contribution is 5.84. The van der Waals surface area contributed by atoms with E-state index < -0.39 is 0 Å². The second-order valence-corrected chi connectivity index (χ2v) is 15.5. The predicted molar refractivity (Wildman–Crippen MR) is 238 cm³/mol. The molecule has 2 aromatic heterocycles. The van der Waals surface area contributed by atoms with Crippen LogP contribution in [0, 0.1) is 0 Å². The van der Waals surface area contributed by atoms with Gasteiger partial charge in [-0.05, 0) is 106 Å². The second kappa shape index (κ2) is 19.0. The molecule has 10 heteroatoms.